The van der Waals surface area contributed by atoms with E-state index in [0.717, 1.165) is 9.28 Å². The molecule has 0 aliphatic rings. The first-order valence-corrected chi connectivity index (χ1v) is 9.22. The van der Waals surface area contributed by atoms with Gasteiger partial charge in [-0.2, -0.15) is 0 Å². The van der Waals surface area contributed by atoms with Gasteiger partial charge in [0, 0.05) is 5.56 Å². The average molecular weight is 335 g/mol. The van der Waals surface area contributed by atoms with Gasteiger partial charge >= 0.3 is 0 Å². The number of thioether (sulfide) groups is 2. The highest BCUT2D eigenvalue weighted by Crippen LogP contribution is 2.18. The Morgan fingerprint density at radius 1 is 1.26 bits per heavy atom. The number of primary sulfonamides is 1. The van der Waals surface area contributed by atoms with E-state index in [1.54, 1.807) is 0 Å². The topological polar surface area (TPSA) is 77.2 Å². The summed E-state index contributed by atoms with van der Waals surface area (Å²) in [7, 11) is -3.72. The molecule has 0 heterocycles. The molecular weight excluding hydrogens is 322 g/mol. The molecule has 0 unspecified atom stereocenters. The highest BCUT2D eigenvalue weighted by Gasteiger charge is 2.11. The molecule has 0 bridgehead atoms. The van der Waals surface area contributed by atoms with Crippen LogP contribution in [0.5, 0.6) is 0 Å². The summed E-state index contributed by atoms with van der Waals surface area (Å²) in [5, 5.41) is 4.98. The number of thiocarbonyl (C=S) groups is 1. The van der Waals surface area contributed by atoms with Crippen molar-refractivity contribution in [2.24, 2.45) is 5.14 Å². The lowest BCUT2D eigenvalue weighted by molar-refractivity contribution is 0.102. The van der Waals surface area contributed by atoms with Gasteiger partial charge in [0.1, 0.15) is 3.53 Å². The molecule has 0 spiro atoms. The lowest BCUT2D eigenvalue weighted by atomic mass is 10.1. The van der Waals surface area contributed by atoms with Crippen LogP contribution in [0.15, 0.2) is 29.2 Å². The fraction of sp³-hybridized carbons (Fsp3) is 0.273. The van der Waals surface area contributed by atoms with E-state index in [9.17, 15) is 13.2 Å². The van der Waals surface area contributed by atoms with Gasteiger partial charge in [0.05, 0.1) is 10.6 Å². The van der Waals surface area contributed by atoms with Crippen LogP contribution in [-0.4, -0.2) is 29.2 Å². The SMILES string of the molecule is CCSC(=S)SCC(=O)c1ccc(S(N)(=O)=O)cc1. The van der Waals surface area contributed by atoms with Crippen LogP contribution in [0, 0.1) is 0 Å². The number of carbonyl (C=O) groups is 1. The van der Waals surface area contributed by atoms with E-state index in [4.69, 9.17) is 17.4 Å². The van der Waals surface area contributed by atoms with E-state index < -0.39 is 10.0 Å². The third kappa shape index (κ3) is 5.62. The summed E-state index contributed by atoms with van der Waals surface area (Å²) >= 11 is 7.91. The lowest BCUT2D eigenvalue weighted by Gasteiger charge is -2.03. The Labute approximate surface area is 126 Å². The molecule has 0 amide bonds. The number of nitrogens with two attached hydrogens (primary N) is 1. The highest BCUT2D eigenvalue weighted by atomic mass is 32.2. The Balaban J connectivity index is 2.66. The quantitative estimate of drug-likeness (QED) is 0.657. The molecule has 0 fully saturated rings. The summed E-state index contributed by atoms with van der Waals surface area (Å²) in [4.78, 5) is 11.8. The van der Waals surface area contributed by atoms with Gasteiger partial charge in [-0.05, 0) is 17.9 Å². The number of hydrogen-bond acceptors (Lipinski definition) is 6. The van der Waals surface area contributed by atoms with Crippen LogP contribution < -0.4 is 5.14 Å². The first kappa shape index (κ1) is 16.6. The van der Waals surface area contributed by atoms with Crippen LogP contribution in [0.3, 0.4) is 0 Å². The van der Waals surface area contributed by atoms with Gasteiger partial charge in [0.2, 0.25) is 10.0 Å². The molecule has 0 aromatic heterocycles. The first-order valence-electron chi connectivity index (χ1n) is 5.30. The molecule has 0 radical (unpaired) electrons. The molecule has 1 aromatic rings. The minimum atomic E-state index is -3.72. The van der Waals surface area contributed by atoms with Crippen LogP contribution in [0.25, 0.3) is 0 Å². The van der Waals surface area contributed by atoms with Crippen molar-refractivity contribution in [3.63, 3.8) is 0 Å². The summed E-state index contributed by atoms with van der Waals surface area (Å²) in [5.74, 6) is 1.04. The third-order valence-electron chi connectivity index (χ3n) is 2.09. The van der Waals surface area contributed by atoms with Crippen LogP contribution >= 0.6 is 35.7 Å². The number of sulfonamides is 1. The van der Waals surface area contributed by atoms with Gasteiger partial charge < -0.3 is 0 Å². The van der Waals surface area contributed by atoms with Gasteiger partial charge in [-0.1, -0.05) is 43.0 Å². The summed E-state index contributed by atoms with van der Waals surface area (Å²) < 4.78 is 22.9. The monoisotopic (exact) mass is 335 g/mol. The lowest BCUT2D eigenvalue weighted by Crippen LogP contribution is -2.12. The van der Waals surface area contributed by atoms with E-state index in [-0.39, 0.29) is 16.4 Å². The fourth-order valence-electron chi connectivity index (χ4n) is 1.20. The summed E-state index contributed by atoms with van der Waals surface area (Å²) in [6.45, 7) is 1.99. The second kappa shape index (κ2) is 7.39. The Bertz CT molecular complexity index is 566. The second-order valence-electron chi connectivity index (χ2n) is 3.46. The normalized spacial score (nSPS) is 11.3. The Kier molecular flexibility index (Phi) is 6.48. The van der Waals surface area contributed by atoms with E-state index in [1.807, 2.05) is 6.92 Å². The highest BCUT2D eigenvalue weighted by molar-refractivity contribution is 8.47. The van der Waals surface area contributed by atoms with E-state index >= 15 is 0 Å². The van der Waals surface area contributed by atoms with Gasteiger partial charge in [0.15, 0.2) is 5.78 Å². The number of rotatable bonds is 5. The van der Waals surface area contributed by atoms with Gasteiger partial charge in [-0.15, -0.1) is 11.8 Å². The van der Waals surface area contributed by atoms with Gasteiger partial charge in [-0.3, -0.25) is 4.79 Å². The van der Waals surface area contributed by atoms with E-state index in [1.165, 1.54) is 47.8 Å². The Morgan fingerprint density at radius 2 is 1.84 bits per heavy atom. The molecule has 1 rings (SSSR count). The second-order valence-corrected chi connectivity index (χ2v) is 8.47. The molecule has 4 nitrogen and oxygen atoms in total. The zero-order chi connectivity index (χ0) is 14.5. The zero-order valence-electron chi connectivity index (χ0n) is 10.2. The van der Waals surface area contributed by atoms with E-state index in [2.05, 4.69) is 0 Å². The number of benzene rings is 1. The minimum absolute atomic E-state index is 0.00578. The number of Topliss-reactive ketones (excluding diaryl/α,β-unsaturated/α-hetero) is 1. The first-order chi connectivity index (χ1) is 8.84. The predicted molar refractivity (Wildman–Crippen MR) is 85.3 cm³/mol. The molecule has 1 aromatic carbocycles. The molecule has 0 aliphatic carbocycles. The molecule has 0 saturated carbocycles. The van der Waals surface area contributed by atoms with Crippen molar-refractivity contribution in [2.45, 2.75) is 11.8 Å². The smallest absolute Gasteiger partial charge is 0.238 e. The van der Waals surface area contributed by atoms with Gasteiger partial charge in [0.25, 0.3) is 0 Å². The predicted octanol–water partition coefficient (Wildman–Crippen LogP) is 2.29. The van der Waals surface area contributed by atoms with Crippen molar-refractivity contribution in [2.75, 3.05) is 11.5 Å². The standard InChI is InChI=1S/C11H13NO3S4/c1-2-17-11(16)18-7-10(13)8-3-5-9(6-4-8)19(12,14)15/h3-6H,2,7H2,1H3,(H2,12,14,15). The molecule has 104 valence electrons. The maximum Gasteiger partial charge on any atom is 0.238 e. The molecule has 8 heteroatoms. The number of hydrogen-bond donors (Lipinski definition) is 1. The molecule has 2 N–H and O–H groups in total. The summed E-state index contributed by atoms with van der Waals surface area (Å²) in [5.41, 5.74) is 0.448. The Morgan fingerprint density at radius 3 is 2.32 bits per heavy atom. The van der Waals surface area contributed by atoms with Crippen molar-refractivity contribution in [1.29, 1.82) is 0 Å². The van der Waals surface area contributed by atoms with Crippen molar-refractivity contribution >= 4 is 55.1 Å². The van der Waals surface area contributed by atoms with Crippen molar-refractivity contribution in [1.82, 2.24) is 0 Å². The zero-order valence-corrected chi connectivity index (χ0v) is 13.4. The van der Waals surface area contributed by atoms with Crippen LogP contribution in [0.1, 0.15) is 17.3 Å². The molecular formula is C11H13NO3S4. The third-order valence-corrected chi connectivity index (χ3v) is 5.60. The van der Waals surface area contributed by atoms with Crippen molar-refractivity contribution in [3.8, 4) is 0 Å². The average Bonchev–Trinajstić information content (AvgIpc) is 2.35. The largest absolute Gasteiger partial charge is 0.293 e. The molecule has 0 saturated heterocycles. The maximum absolute atomic E-state index is 11.8. The summed E-state index contributed by atoms with van der Waals surface area (Å²) in [6, 6.07) is 5.57. The maximum atomic E-state index is 11.8. The number of ketones is 1. The number of carbonyl (C=O) groups excluding carboxylic acids is 1. The van der Waals surface area contributed by atoms with Gasteiger partial charge in [-0.25, -0.2) is 13.6 Å². The van der Waals surface area contributed by atoms with E-state index in [0.29, 0.717) is 5.56 Å². The molecule has 19 heavy (non-hydrogen) atoms. The van der Waals surface area contributed by atoms with Crippen LogP contribution in [0.4, 0.5) is 0 Å². The fourth-order valence-corrected chi connectivity index (χ4v) is 3.76. The molecule has 0 atom stereocenters. The minimum Gasteiger partial charge on any atom is -0.293 e. The Hall–Kier alpha value is -0.410. The van der Waals surface area contributed by atoms with Crippen LogP contribution in [0.2, 0.25) is 0 Å². The van der Waals surface area contributed by atoms with Crippen molar-refractivity contribution < 1.29 is 13.2 Å². The van der Waals surface area contributed by atoms with Crippen LogP contribution in [-0.2, 0) is 10.0 Å². The summed E-state index contributed by atoms with van der Waals surface area (Å²) in [6.07, 6.45) is 0. The van der Waals surface area contributed by atoms with Crippen molar-refractivity contribution in [3.05, 3.63) is 29.8 Å². The molecule has 0 aliphatic heterocycles.